The van der Waals surface area contributed by atoms with E-state index in [2.05, 4.69) is 0 Å². The third-order valence-corrected chi connectivity index (χ3v) is 3.28. The summed E-state index contributed by atoms with van der Waals surface area (Å²) in [6, 6.07) is 15.6. The number of hydrogen-bond donors (Lipinski definition) is 1. The summed E-state index contributed by atoms with van der Waals surface area (Å²) in [7, 11) is 0. The van der Waals surface area contributed by atoms with Crippen molar-refractivity contribution < 1.29 is 9.47 Å². The fourth-order valence-corrected chi connectivity index (χ4v) is 2.28. The first kappa shape index (κ1) is 12.1. The van der Waals surface area contributed by atoms with Gasteiger partial charge in [0.05, 0.1) is 6.61 Å². The van der Waals surface area contributed by atoms with E-state index in [1.165, 1.54) is 0 Å². The van der Waals surface area contributed by atoms with Gasteiger partial charge in [-0.2, -0.15) is 0 Å². The molecule has 19 heavy (non-hydrogen) atoms. The Bertz CT molecular complexity index is 554. The lowest BCUT2D eigenvalue weighted by molar-refractivity contribution is 0.316. The normalized spacial score (nSPS) is 18.1. The highest BCUT2D eigenvalue weighted by atomic mass is 16.5. The predicted octanol–water partition coefficient (Wildman–Crippen LogP) is 3.65. The summed E-state index contributed by atoms with van der Waals surface area (Å²) in [6.07, 6.45) is 1.94. The van der Waals surface area contributed by atoms with E-state index in [1.807, 2.05) is 48.5 Å². The molecule has 0 spiro atoms. The fraction of sp³-hybridized carbons (Fsp3) is 0.250. The molecule has 0 aromatic heterocycles. The van der Waals surface area contributed by atoms with Crippen LogP contribution in [-0.2, 0) is 0 Å². The minimum Gasteiger partial charge on any atom is -0.493 e. The molecular weight excluding hydrogens is 238 g/mol. The highest BCUT2D eigenvalue weighted by molar-refractivity contribution is 5.44. The van der Waals surface area contributed by atoms with Crippen LogP contribution in [0.25, 0.3) is 0 Å². The van der Waals surface area contributed by atoms with E-state index in [4.69, 9.17) is 15.2 Å². The molecule has 98 valence electrons. The van der Waals surface area contributed by atoms with E-state index < -0.39 is 0 Å². The number of benzene rings is 2. The summed E-state index contributed by atoms with van der Waals surface area (Å²) >= 11 is 0. The van der Waals surface area contributed by atoms with E-state index >= 15 is 0 Å². The Labute approximate surface area is 113 Å². The number of rotatable bonds is 2. The Balaban J connectivity index is 1.88. The smallest absolute Gasteiger partial charge is 0.128 e. The third-order valence-electron chi connectivity index (χ3n) is 3.28. The summed E-state index contributed by atoms with van der Waals surface area (Å²) in [6.45, 7) is 0.736. The second kappa shape index (κ2) is 5.33. The second-order valence-electron chi connectivity index (χ2n) is 4.71. The molecule has 0 bridgehead atoms. The highest BCUT2D eigenvalue weighted by Gasteiger charge is 2.17. The molecule has 3 nitrogen and oxygen atoms in total. The van der Waals surface area contributed by atoms with Crippen LogP contribution in [0.5, 0.6) is 17.2 Å². The molecule has 0 radical (unpaired) electrons. The molecule has 2 aromatic carbocycles. The van der Waals surface area contributed by atoms with Crippen LogP contribution in [0.15, 0.2) is 48.5 Å². The van der Waals surface area contributed by atoms with Crippen molar-refractivity contribution in [3.8, 4) is 17.2 Å². The molecule has 3 heteroatoms. The number of fused-ring (bicyclic) bond motifs is 1. The van der Waals surface area contributed by atoms with Gasteiger partial charge in [-0.25, -0.2) is 0 Å². The molecule has 0 aliphatic carbocycles. The average molecular weight is 255 g/mol. The van der Waals surface area contributed by atoms with Gasteiger partial charge in [0.25, 0.3) is 0 Å². The van der Waals surface area contributed by atoms with Crippen molar-refractivity contribution in [2.24, 2.45) is 5.73 Å². The Morgan fingerprint density at radius 1 is 1.05 bits per heavy atom. The summed E-state index contributed by atoms with van der Waals surface area (Å²) in [5.41, 5.74) is 7.21. The van der Waals surface area contributed by atoms with Crippen molar-refractivity contribution in [3.05, 3.63) is 54.1 Å². The van der Waals surface area contributed by atoms with Crippen molar-refractivity contribution >= 4 is 0 Å². The summed E-state index contributed by atoms with van der Waals surface area (Å²) in [5, 5.41) is 0. The Morgan fingerprint density at radius 3 is 2.74 bits per heavy atom. The van der Waals surface area contributed by atoms with Gasteiger partial charge in [-0.1, -0.05) is 18.2 Å². The maximum absolute atomic E-state index is 6.17. The van der Waals surface area contributed by atoms with Crippen molar-refractivity contribution in [1.29, 1.82) is 0 Å². The largest absolute Gasteiger partial charge is 0.493 e. The maximum atomic E-state index is 6.17. The fourth-order valence-electron chi connectivity index (χ4n) is 2.28. The average Bonchev–Trinajstić information content (AvgIpc) is 2.62. The van der Waals surface area contributed by atoms with Gasteiger partial charge in [-0.05, 0) is 43.2 Å². The first-order valence-electron chi connectivity index (χ1n) is 6.58. The molecule has 1 aliphatic heterocycles. The monoisotopic (exact) mass is 255 g/mol. The van der Waals surface area contributed by atoms with E-state index in [1.54, 1.807) is 0 Å². The number of para-hydroxylation sites is 1. The Hall–Kier alpha value is -2.00. The molecule has 2 aromatic rings. The standard InChI is InChI=1S/C16H17NO2/c17-15-7-4-10-18-16-9-8-13(11-14(15)16)19-12-5-2-1-3-6-12/h1-3,5-6,8-9,11,15H,4,7,10,17H2/t15-/m1/s1. The minimum atomic E-state index is 0.0248. The van der Waals surface area contributed by atoms with Crippen LogP contribution in [0.1, 0.15) is 24.4 Å². The van der Waals surface area contributed by atoms with Crippen LogP contribution >= 0.6 is 0 Å². The summed E-state index contributed by atoms with van der Waals surface area (Å²) in [5.74, 6) is 2.50. The zero-order valence-corrected chi connectivity index (χ0v) is 10.7. The SMILES string of the molecule is N[C@@H]1CCCOc2ccc(Oc3ccccc3)cc21. The van der Waals surface area contributed by atoms with Crippen LogP contribution in [0.4, 0.5) is 0 Å². The lowest BCUT2D eigenvalue weighted by Crippen LogP contribution is -2.09. The number of hydrogen-bond acceptors (Lipinski definition) is 3. The topological polar surface area (TPSA) is 44.5 Å². The Morgan fingerprint density at radius 2 is 1.89 bits per heavy atom. The minimum absolute atomic E-state index is 0.0248. The van der Waals surface area contributed by atoms with Gasteiger partial charge in [-0.3, -0.25) is 0 Å². The highest BCUT2D eigenvalue weighted by Crippen LogP contribution is 2.34. The van der Waals surface area contributed by atoms with Gasteiger partial charge in [-0.15, -0.1) is 0 Å². The first-order valence-corrected chi connectivity index (χ1v) is 6.58. The number of ether oxygens (including phenoxy) is 2. The third kappa shape index (κ3) is 2.71. The molecule has 1 atom stereocenters. The maximum Gasteiger partial charge on any atom is 0.128 e. The molecule has 0 saturated heterocycles. The molecule has 0 saturated carbocycles. The van der Waals surface area contributed by atoms with E-state index in [-0.39, 0.29) is 6.04 Å². The van der Waals surface area contributed by atoms with Gasteiger partial charge in [0.2, 0.25) is 0 Å². The van der Waals surface area contributed by atoms with Crippen LogP contribution in [-0.4, -0.2) is 6.61 Å². The van der Waals surface area contributed by atoms with E-state index in [0.29, 0.717) is 0 Å². The second-order valence-corrected chi connectivity index (χ2v) is 4.71. The van der Waals surface area contributed by atoms with Crippen LogP contribution in [0.3, 0.4) is 0 Å². The zero-order chi connectivity index (χ0) is 13.1. The molecule has 1 heterocycles. The molecule has 0 unspecified atom stereocenters. The summed E-state index contributed by atoms with van der Waals surface area (Å²) in [4.78, 5) is 0. The molecule has 1 aliphatic rings. The lowest BCUT2D eigenvalue weighted by atomic mass is 10.0. The molecule has 0 fully saturated rings. The van der Waals surface area contributed by atoms with Gasteiger partial charge in [0.1, 0.15) is 17.2 Å². The number of nitrogens with two attached hydrogens (primary N) is 1. The quantitative estimate of drug-likeness (QED) is 0.890. The van der Waals surface area contributed by atoms with Crippen LogP contribution in [0.2, 0.25) is 0 Å². The summed E-state index contributed by atoms with van der Waals surface area (Å²) < 4.78 is 11.5. The molecule has 3 rings (SSSR count). The van der Waals surface area contributed by atoms with Crippen LogP contribution in [0, 0.1) is 0 Å². The molecular formula is C16H17NO2. The zero-order valence-electron chi connectivity index (χ0n) is 10.7. The van der Waals surface area contributed by atoms with Crippen molar-refractivity contribution in [3.63, 3.8) is 0 Å². The predicted molar refractivity (Wildman–Crippen MR) is 74.6 cm³/mol. The van der Waals surface area contributed by atoms with Gasteiger partial charge in [0.15, 0.2) is 0 Å². The van der Waals surface area contributed by atoms with Crippen LogP contribution < -0.4 is 15.2 Å². The van der Waals surface area contributed by atoms with Crippen molar-refractivity contribution in [1.82, 2.24) is 0 Å². The lowest BCUT2D eigenvalue weighted by Gasteiger charge is -2.14. The first-order chi connectivity index (χ1) is 9.33. The molecule has 2 N–H and O–H groups in total. The van der Waals surface area contributed by atoms with Crippen molar-refractivity contribution in [2.45, 2.75) is 18.9 Å². The van der Waals surface area contributed by atoms with E-state index in [0.717, 1.165) is 42.3 Å². The Kier molecular flexibility index (Phi) is 3.38. The van der Waals surface area contributed by atoms with Gasteiger partial charge in [0, 0.05) is 11.6 Å². The van der Waals surface area contributed by atoms with E-state index in [9.17, 15) is 0 Å². The van der Waals surface area contributed by atoms with Crippen molar-refractivity contribution in [2.75, 3.05) is 6.61 Å². The van der Waals surface area contributed by atoms with Gasteiger partial charge >= 0.3 is 0 Å². The van der Waals surface area contributed by atoms with Gasteiger partial charge < -0.3 is 15.2 Å². The molecule has 0 amide bonds.